The summed E-state index contributed by atoms with van der Waals surface area (Å²) in [5.41, 5.74) is 15.2. The summed E-state index contributed by atoms with van der Waals surface area (Å²) in [7, 11) is -1.44. The number of para-hydroxylation sites is 4. The highest BCUT2D eigenvalue weighted by atomic mass is 79.9. The average molecular weight is 1220 g/mol. The molecule has 0 aliphatic rings. The summed E-state index contributed by atoms with van der Waals surface area (Å²) < 4.78 is 5.81. The first-order valence-corrected chi connectivity index (χ1v) is 31.3. The van der Waals surface area contributed by atoms with E-state index in [1.165, 1.54) is 137 Å². The third-order valence-electron chi connectivity index (χ3n) is 17.9. The molecule has 16 aromatic carbocycles. The zero-order valence-corrected chi connectivity index (χ0v) is 50.5. The summed E-state index contributed by atoms with van der Waals surface area (Å²) >= 11 is 3.58. The smallest absolute Gasteiger partial charge is 0.423 e. The maximum Gasteiger partial charge on any atom is 0.488 e. The van der Waals surface area contributed by atoms with Gasteiger partial charge in [0.25, 0.3) is 0 Å². The van der Waals surface area contributed by atoms with Gasteiger partial charge in [-0.3, -0.25) is 0 Å². The third-order valence-corrected chi connectivity index (χ3v) is 18.4. The lowest BCUT2D eigenvalue weighted by Gasteiger charge is -2.13. The van der Waals surface area contributed by atoms with Crippen LogP contribution in [0.25, 0.3) is 153 Å². The summed E-state index contributed by atoms with van der Waals surface area (Å²) in [6.07, 6.45) is 0. The molecule has 0 atom stereocenters. The molecule has 0 spiro atoms. The molecule has 0 amide bonds. The second-order valence-electron chi connectivity index (χ2n) is 23.1. The second kappa shape index (κ2) is 23.0. The standard InChI is InChI=1S/C42H27N.C24H16BrN.C18H13BO2/c1-2-13-32(14-3-1)43-41-20-9-8-19-38(41)40-27-31(22-24-42(40)43)29-12-10-11-28(25-29)30-21-23-37-35-17-5-4-15-33(35)34-16-6-7-18-36(34)39(37)26-30;25-19-8-6-7-17(15-19)18-13-14-24-22(16-18)21-11-4-5-12-23(21)26(24)20-9-2-1-3-10-20;20-19(21)12-9-10-17-15-7-2-1-5-13(15)14-6-3-4-8-16(14)18(17)11-12/h1-27H;1-16H;1-11,20-21H. The molecule has 90 heavy (non-hydrogen) atoms. The van der Waals surface area contributed by atoms with E-state index < -0.39 is 7.12 Å². The van der Waals surface area contributed by atoms with Crippen molar-refractivity contribution in [3.63, 3.8) is 0 Å². The minimum atomic E-state index is -1.44. The SMILES string of the molecule is Brc1cccc(-c2ccc3c(c2)c2ccccc2n3-c2ccccc2)c1.OB(O)c1ccc2c3ccccc3c3ccccc3c2c1.c1ccc(-n2c3ccccc3c3cc(-c4cccc(-c5ccc6c7ccccc7c7ccccc7c6c5)c4)ccc32)cc1. The van der Waals surface area contributed by atoms with Crippen molar-refractivity contribution in [2.75, 3.05) is 0 Å². The van der Waals surface area contributed by atoms with Crippen LogP contribution in [0.15, 0.2) is 332 Å². The topological polar surface area (TPSA) is 50.3 Å². The van der Waals surface area contributed by atoms with Gasteiger partial charge in [-0.1, -0.05) is 259 Å². The molecule has 424 valence electrons. The molecule has 0 fully saturated rings. The number of aromatic nitrogens is 2. The Morgan fingerprint density at radius 3 is 0.933 bits per heavy atom. The van der Waals surface area contributed by atoms with Crippen LogP contribution in [0.5, 0.6) is 0 Å². The second-order valence-corrected chi connectivity index (χ2v) is 24.0. The predicted octanol–water partition coefficient (Wildman–Crippen LogP) is 21.6. The van der Waals surface area contributed by atoms with E-state index in [9.17, 15) is 10.0 Å². The van der Waals surface area contributed by atoms with E-state index in [0.29, 0.717) is 5.46 Å². The molecule has 0 saturated carbocycles. The molecule has 2 N–H and O–H groups in total. The van der Waals surface area contributed by atoms with Gasteiger partial charge in [0.05, 0.1) is 22.1 Å². The minimum Gasteiger partial charge on any atom is -0.423 e. The summed E-state index contributed by atoms with van der Waals surface area (Å²) in [6, 6.07) is 116. The Morgan fingerprint density at radius 2 is 0.511 bits per heavy atom. The lowest BCUT2D eigenvalue weighted by atomic mass is 9.78. The number of hydrogen-bond acceptors (Lipinski definition) is 2. The Bertz CT molecular complexity index is 5720. The highest BCUT2D eigenvalue weighted by Gasteiger charge is 2.18. The van der Waals surface area contributed by atoms with Crippen molar-refractivity contribution >= 4 is 137 Å². The van der Waals surface area contributed by atoms with E-state index >= 15 is 0 Å². The van der Waals surface area contributed by atoms with Crippen molar-refractivity contribution in [2.45, 2.75) is 0 Å². The van der Waals surface area contributed by atoms with Crippen LogP contribution in [-0.2, 0) is 0 Å². The van der Waals surface area contributed by atoms with Crippen LogP contribution >= 0.6 is 15.9 Å². The molecule has 0 saturated heterocycles. The summed E-state index contributed by atoms with van der Waals surface area (Å²) in [5, 5.41) is 38.7. The van der Waals surface area contributed by atoms with Gasteiger partial charge in [-0.15, -0.1) is 0 Å². The Hall–Kier alpha value is -10.9. The number of fused-ring (bicyclic) bond motifs is 18. The van der Waals surface area contributed by atoms with Gasteiger partial charge in [0.15, 0.2) is 0 Å². The first-order chi connectivity index (χ1) is 44.4. The molecule has 6 heteroatoms. The Labute approximate surface area is 529 Å². The molecule has 0 aliphatic heterocycles. The number of nitrogens with zero attached hydrogens (tertiary/aromatic N) is 2. The quantitative estimate of drug-likeness (QED) is 0.129. The fraction of sp³-hybridized carbons (Fsp3) is 0. The van der Waals surface area contributed by atoms with E-state index in [4.69, 9.17) is 0 Å². The highest BCUT2D eigenvalue weighted by molar-refractivity contribution is 9.10. The molecule has 0 bridgehead atoms. The van der Waals surface area contributed by atoms with Crippen LogP contribution in [0.4, 0.5) is 0 Å². The first kappa shape index (κ1) is 54.5. The van der Waals surface area contributed by atoms with Crippen molar-refractivity contribution in [2.24, 2.45) is 0 Å². The van der Waals surface area contributed by atoms with Crippen LogP contribution < -0.4 is 5.46 Å². The first-order valence-electron chi connectivity index (χ1n) is 30.5. The molecule has 0 radical (unpaired) electrons. The fourth-order valence-corrected chi connectivity index (χ4v) is 14.1. The summed E-state index contributed by atoms with van der Waals surface area (Å²) in [4.78, 5) is 0. The highest BCUT2D eigenvalue weighted by Crippen LogP contribution is 2.41. The fourth-order valence-electron chi connectivity index (χ4n) is 13.7. The van der Waals surface area contributed by atoms with Gasteiger partial charge in [-0.25, -0.2) is 0 Å². The van der Waals surface area contributed by atoms with E-state index in [2.05, 4.69) is 310 Å². The van der Waals surface area contributed by atoms with E-state index in [-0.39, 0.29) is 0 Å². The van der Waals surface area contributed by atoms with E-state index in [0.717, 1.165) is 20.6 Å². The molecular weight excluding hydrogens is 1160 g/mol. The van der Waals surface area contributed by atoms with Crippen molar-refractivity contribution in [3.8, 4) is 44.8 Å². The number of halogens is 1. The zero-order chi connectivity index (χ0) is 60.2. The van der Waals surface area contributed by atoms with Crippen molar-refractivity contribution in [1.82, 2.24) is 9.13 Å². The van der Waals surface area contributed by atoms with Crippen LogP contribution in [0.3, 0.4) is 0 Å². The van der Waals surface area contributed by atoms with Crippen LogP contribution in [-0.4, -0.2) is 26.3 Å². The normalized spacial score (nSPS) is 11.5. The Morgan fingerprint density at radius 1 is 0.211 bits per heavy atom. The van der Waals surface area contributed by atoms with Gasteiger partial charge >= 0.3 is 7.12 Å². The largest absolute Gasteiger partial charge is 0.488 e. The lowest BCUT2D eigenvalue weighted by molar-refractivity contribution is 0.426. The average Bonchev–Trinajstić information content (AvgIpc) is 1.75. The van der Waals surface area contributed by atoms with Crippen LogP contribution in [0.1, 0.15) is 0 Å². The number of benzene rings is 16. The number of hydrogen-bond donors (Lipinski definition) is 2. The Balaban J connectivity index is 0.000000117. The summed E-state index contributed by atoms with van der Waals surface area (Å²) in [6.45, 7) is 0. The molecule has 0 aliphatic carbocycles. The predicted molar refractivity (Wildman–Crippen MR) is 387 cm³/mol. The number of rotatable bonds is 6. The molecule has 0 unspecified atom stereocenters. The molecule has 4 nitrogen and oxygen atoms in total. The van der Waals surface area contributed by atoms with E-state index in [1.54, 1.807) is 6.07 Å². The van der Waals surface area contributed by atoms with Crippen LogP contribution in [0, 0.1) is 0 Å². The van der Waals surface area contributed by atoms with Gasteiger partial charge in [-0.05, 0) is 188 Å². The zero-order valence-electron chi connectivity index (χ0n) is 48.9. The molecular formula is C84H56BBrN2O2. The maximum atomic E-state index is 9.42. The molecule has 2 heterocycles. The van der Waals surface area contributed by atoms with Gasteiger partial charge in [0.2, 0.25) is 0 Å². The van der Waals surface area contributed by atoms with Gasteiger partial charge in [-0.2, -0.15) is 0 Å². The molecule has 18 aromatic rings. The molecule has 18 rings (SSSR count). The third kappa shape index (κ3) is 9.66. The minimum absolute atomic E-state index is 0.517. The van der Waals surface area contributed by atoms with Gasteiger partial charge < -0.3 is 19.2 Å². The monoisotopic (exact) mass is 1210 g/mol. The van der Waals surface area contributed by atoms with Crippen molar-refractivity contribution in [1.29, 1.82) is 0 Å². The lowest BCUT2D eigenvalue weighted by Crippen LogP contribution is -2.29. The van der Waals surface area contributed by atoms with Crippen molar-refractivity contribution < 1.29 is 10.0 Å². The summed E-state index contributed by atoms with van der Waals surface area (Å²) in [5.74, 6) is 0. The van der Waals surface area contributed by atoms with E-state index in [1.807, 2.05) is 36.4 Å². The van der Waals surface area contributed by atoms with Crippen molar-refractivity contribution in [3.05, 3.63) is 332 Å². The van der Waals surface area contributed by atoms with Gasteiger partial charge in [0, 0.05) is 37.4 Å². The van der Waals surface area contributed by atoms with Gasteiger partial charge in [0.1, 0.15) is 0 Å². The van der Waals surface area contributed by atoms with Crippen LogP contribution in [0.2, 0.25) is 0 Å². The Kier molecular flexibility index (Phi) is 13.9. The maximum absolute atomic E-state index is 9.42. The molecule has 2 aromatic heterocycles.